The summed E-state index contributed by atoms with van der Waals surface area (Å²) < 4.78 is 11.2. The lowest BCUT2D eigenvalue weighted by Crippen LogP contribution is -2.42. The molecule has 3 rings (SSSR count). The third-order valence-corrected chi connectivity index (χ3v) is 4.61. The summed E-state index contributed by atoms with van der Waals surface area (Å²) in [4.78, 5) is 0. The minimum atomic E-state index is -0.259. The number of methoxy groups -OCH3 is 1. The van der Waals surface area contributed by atoms with Crippen LogP contribution in [0.25, 0.3) is 0 Å². The van der Waals surface area contributed by atoms with E-state index in [4.69, 9.17) is 33.3 Å². The highest BCUT2D eigenvalue weighted by Gasteiger charge is 2.33. The molecule has 0 bridgehead atoms. The molecule has 0 saturated heterocycles. The maximum atomic E-state index is 6.16. The molecule has 0 fully saturated rings. The molecule has 132 valence electrons. The van der Waals surface area contributed by atoms with Crippen LogP contribution < -0.4 is 20.1 Å². The molecule has 0 aliphatic carbocycles. The zero-order valence-corrected chi connectivity index (χ0v) is 16.0. The second-order valence-corrected chi connectivity index (χ2v) is 7.42. The number of para-hydroxylation sites is 1. The summed E-state index contributed by atoms with van der Waals surface area (Å²) in [5.41, 5.74) is 1.66. The molecule has 0 unspecified atom stereocenters. The van der Waals surface area contributed by atoms with E-state index in [1.165, 1.54) is 0 Å². The molecule has 1 heterocycles. The average Bonchev–Trinajstić information content (AvgIpc) is 2.54. The minimum Gasteiger partial charge on any atom is -0.495 e. The molecule has 4 nitrogen and oxygen atoms in total. The second kappa shape index (κ2) is 7.10. The molecule has 1 aliphatic heterocycles. The van der Waals surface area contributed by atoms with Gasteiger partial charge in [0.15, 0.2) is 5.11 Å². The Hall–Kier alpha value is -1.98. The number of fused-ring (bicyclic) bond motifs is 1. The molecular weight excluding hydrogens is 356 g/mol. The van der Waals surface area contributed by atoms with Gasteiger partial charge in [-0.15, -0.1) is 0 Å². The maximum Gasteiger partial charge on any atom is 0.171 e. The van der Waals surface area contributed by atoms with Crippen molar-refractivity contribution in [2.24, 2.45) is 0 Å². The summed E-state index contributed by atoms with van der Waals surface area (Å²) in [7, 11) is 1.59. The van der Waals surface area contributed by atoms with Gasteiger partial charge in [0.1, 0.15) is 17.1 Å². The van der Waals surface area contributed by atoms with E-state index in [0.717, 1.165) is 23.4 Å². The zero-order valence-electron chi connectivity index (χ0n) is 14.4. The minimum absolute atomic E-state index is 0.0775. The summed E-state index contributed by atoms with van der Waals surface area (Å²) in [6.45, 7) is 4.16. The van der Waals surface area contributed by atoms with E-state index in [0.29, 0.717) is 15.9 Å². The molecule has 1 atom stereocenters. The number of anilines is 1. The van der Waals surface area contributed by atoms with Crippen LogP contribution in [0.1, 0.15) is 31.9 Å². The van der Waals surface area contributed by atoms with Crippen molar-refractivity contribution in [2.75, 3.05) is 12.4 Å². The average molecular weight is 377 g/mol. The Labute approximate surface area is 158 Å². The Kier molecular flexibility index (Phi) is 5.06. The van der Waals surface area contributed by atoms with Crippen LogP contribution >= 0.6 is 23.8 Å². The van der Waals surface area contributed by atoms with Gasteiger partial charge in [0, 0.05) is 17.7 Å². The van der Waals surface area contributed by atoms with Crippen LogP contribution in [0.4, 0.5) is 5.69 Å². The second-order valence-electron chi connectivity index (χ2n) is 6.60. The van der Waals surface area contributed by atoms with Crippen molar-refractivity contribution in [1.82, 2.24) is 5.32 Å². The van der Waals surface area contributed by atoms with Crippen LogP contribution in [-0.4, -0.2) is 17.8 Å². The van der Waals surface area contributed by atoms with Crippen LogP contribution in [-0.2, 0) is 0 Å². The summed E-state index contributed by atoms with van der Waals surface area (Å²) in [5.74, 6) is 1.53. The molecule has 6 heteroatoms. The van der Waals surface area contributed by atoms with Gasteiger partial charge in [-0.1, -0.05) is 29.8 Å². The van der Waals surface area contributed by atoms with Gasteiger partial charge in [-0.25, -0.2) is 0 Å². The number of rotatable bonds is 3. The van der Waals surface area contributed by atoms with E-state index in [1.54, 1.807) is 19.2 Å². The highest BCUT2D eigenvalue weighted by atomic mass is 35.5. The molecule has 2 aromatic carbocycles. The third kappa shape index (κ3) is 4.17. The molecule has 0 aromatic heterocycles. The monoisotopic (exact) mass is 376 g/mol. The number of halogens is 1. The number of ether oxygens (including phenoxy) is 2. The van der Waals surface area contributed by atoms with E-state index in [9.17, 15) is 0 Å². The van der Waals surface area contributed by atoms with Crippen LogP contribution in [0.15, 0.2) is 42.5 Å². The molecule has 0 amide bonds. The van der Waals surface area contributed by atoms with E-state index in [2.05, 4.69) is 30.5 Å². The van der Waals surface area contributed by atoms with Gasteiger partial charge in [0.25, 0.3) is 0 Å². The van der Waals surface area contributed by atoms with Crippen molar-refractivity contribution in [3.05, 3.63) is 53.1 Å². The Bertz CT molecular complexity index is 795. The van der Waals surface area contributed by atoms with E-state index < -0.39 is 0 Å². The first-order valence-corrected chi connectivity index (χ1v) is 8.85. The third-order valence-electron chi connectivity index (χ3n) is 4.09. The first-order valence-electron chi connectivity index (χ1n) is 8.07. The number of benzene rings is 2. The predicted octanol–water partition coefficient (Wildman–Crippen LogP) is 4.94. The molecule has 25 heavy (non-hydrogen) atoms. The van der Waals surface area contributed by atoms with Gasteiger partial charge in [0.05, 0.1) is 18.2 Å². The fourth-order valence-corrected chi connectivity index (χ4v) is 3.52. The Morgan fingerprint density at radius 1 is 1.28 bits per heavy atom. The van der Waals surface area contributed by atoms with Crippen LogP contribution in [0, 0.1) is 0 Å². The smallest absolute Gasteiger partial charge is 0.171 e. The first kappa shape index (κ1) is 17.8. The Morgan fingerprint density at radius 3 is 2.76 bits per heavy atom. The first-order chi connectivity index (χ1) is 11.9. The van der Waals surface area contributed by atoms with Crippen molar-refractivity contribution in [2.45, 2.75) is 31.9 Å². The molecule has 1 aliphatic rings. The SMILES string of the molecule is COc1ccc(NC(=S)N[C@H]2CC(C)(C)Oc3ccccc32)cc1Cl. The van der Waals surface area contributed by atoms with E-state index in [1.807, 2.05) is 24.3 Å². The topological polar surface area (TPSA) is 42.5 Å². The van der Waals surface area contributed by atoms with Crippen LogP contribution in [0.3, 0.4) is 0 Å². The van der Waals surface area contributed by atoms with Gasteiger partial charge >= 0.3 is 0 Å². The predicted molar refractivity (Wildman–Crippen MR) is 106 cm³/mol. The number of hydrogen-bond donors (Lipinski definition) is 2. The maximum absolute atomic E-state index is 6.16. The normalized spacial score (nSPS) is 17.8. The van der Waals surface area contributed by atoms with Gasteiger partial charge in [0.2, 0.25) is 0 Å². The molecule has 2 aromatic rings. The van der Waals surface area contributed by atoms with Crippen LogP contribution in [0.2, 0.25) is 5.02 Å². The van der Waals surface area contributed by atoms with Crippen molar-refractivity contribution >= 4 is 34.6 Å². The van der Waals surface area contributed by atoms with Crippen molar-refractivity contribution < 1.29 is 9.47 Å². The fraction of sp³-hybridized carbons (Fsp3) is 0.316. The van der Waals surface area contributed by atoms with Crippen LogP contribution in [0.5, 0.6) is 11.5 Å². The largest absolute Gasteiger partial charge is 0.495 e. The quantitative estimate of drug-likeness (QED) is 0.743. The Balaban J connectivity index is 1.73. The van der Waals surface area contributed by atoms with Crippen molar-refractivity contribution in [3.63, 3.8) is 0 Å². The summed E-state index contributed by atoms with van der Waals surface area (Å²) >= 11 is 11.7. The lowest BCUT2D eigenvalue weighted by Gasteiger charge is -2.38. The summed E-state index contributed by atoms with van der Waals surface area (Å²) in [6.07, 6.45) is 0.815. The van der Waals surface area contributed by atoms with Gasteiger partial charge in [-0.3, -0.25) is 0 Å². The highest BCUT2D eigenvalue weighted by molar-refractivity contribution is 7.80. The number of nitrogens with one attached hydrogen (secondary N) is 2. The number of thiocarbonyl (C=S) groups is 1. The zero-order chi connectivity index (χ0) is 18.0. The Morgan fingerprint density at radius 2 is 2.04 bits per heavy atom. The molecular formula is C19H21ClN2O2S. The van der Waals surface area contributed by atoms with Gasteiger partial charge < -0.3 is 20.1 Å². The summed E-state index contributed by atoms with van der Waals surface area (Å²) in [6, 6.07) is 13.6. The van der Waals surface area contributed by atoms with Crippen molar-refractivity contribution in [3.8, 4) is 11.5 Å². The lowest BCUT2D eigenvalue weighted by atomic mass is 9.90. The van der Waals surface area contributed by atoms with E-state index in [-0.39, 0.29) is 11.6 Å². The lowest BCUT2D eigenvalue weighted by molar-refractivity contribution is 0.0697. The van der Waals surface area contributed by atoms with Gasteiger partial charge in [-0.2, -0.15) is 0 Å². The van der Waals surface area contributed by atoms with Gasteiger partial charge in [-0.05, 0) is 50.3 Å². The standard InChI is InChI=1S/C19H21ClN2O2S/c1-19(2)11-15(13-6-4-5-7-16(13)24-19)22-18(25)21-12-8-9-17(23-3)14(20)10-12/h4-10,15H,11H2,1-3H3,(H2,21,22,25)/t15-/m0/s1. The van der Waals surface area contributed by atoms with Crippen molar-refractivity contribution in [1.29, 1.82) is 0 Å². The number of hydrogen-bond acceptors (Lipinski definition) is 3. The fourth-order valence-electron chi connectivity index (χ4n) is 3.00. The molecule has 0 radical (unpaired) electrons. The molecule has 0 saturated carbocycles. The highest BCUT2D eigenvalue weighted by Crippen LogP contribution is 2.39. The van der Waals surface area contributed by atoms with E-state index >= 15 is 0 Å². The molecule has 0 spiro atoms. The molecule has 2 N–H and O–H groups in total. The summed E-state index contributed by atoms with van der Waals surface area (Å²) in [5, 5.41) is 7.65.